The number of hydrogen-bond acceptors (Lipinski definition) is 4. The van der Waals surface area contributed by atoms with E-state index in [0.29, 0.717) is 15.6 Å². The van der Waals surface area contributed by atoms with Crippen LogP contribution in [0.25, 0.3) is 0 Å². The van der Waals surface area contributed by atoms with E-state index in [-0.39, 0.29) is 4.90 Å². The summed E-state index contributed by atoms with van der Waals surface area (Å²) in [5.74, 6) is -5.31. The number of aliphatic carboxylic acids is 1. The first kappa shape index (κ1) is 18.5. The molecule has 0 aromatic heterocycles. The van der Waals surface area contributed by atoms with Crippen molar-refractivity contribution in [3.63, 3.8) is 0 Å². The summed E-state index contributed by atoms with van der Waals surface area (Å²) in [4.78, 5) is 10.9. The summed E-state index contributed by atoms with van der Waals surface area (Å²) in [5.41, 5.74) is 0.302. The number of carboxylic acid groups (broad SMARTS) is 1. The zero-order valence-electron chi connectivity index (χ0n) is 12.9. The van der Waals surface area contributed by atoms with E-state index in [0.717, 1.165) is 0 Å². The SMILES string of the molecule is COc1ccc(S(=O)(=O)N2C[C@@H](C(F)(F)F)[C@H](C(=O)O)C2)c(C)c1. The maximum absolute atomic E-state index is 13.0. The third kappa shape index (κ3) is 3.34. The Bertz CT molecular complexity index is 747. The molecule has 0 radical (unpaired) electrons. The molecule has 1 aromatic rings. The van der Waals surface area contributed by atoms with Crippen LogP contribution in [0.5, 0.6) is 5.75 Å². The van der Waals surface area contributed by atoms with Gasteiger partial charge in [-0.15, -0.1) is 0 Å². The zero-order chi connectivity index (χ0) is 18.3. The van der Waals surface area contributed by atoms with Gasteiger partial charge in [0.05, 0.1) is 23.8 Å². The predicted octanol–water partition coefficient (Wildman–Crippen LogP) is 1.89. The van der Waals surface area contributed by atoms with Crippen LogP contribution in [0.4, 0.5) is 13.2 Å². The Kier molecular flexibility index (Phi) is 4.82. The van der Waals surface area contributed by atoms with Crippen LogP contribution in [-0.4, -0.2) is 50.2 Å². The molecular formula is C14H16F3NO5S. The first-order valence-electron chi connectivity index (χ1n) is 6.92. The second-order valence-electron chi connectivity index (χ2n) is 5.55. The van der Waals surface area contributed by atoms with Crippen LogP contribution in [0.2, 0.25) is 0 Å². The number of ether oxygens (including phenoxy) is 1. The summed E-state index contributed by atoms with van der Waals surface area (Å²) in [6.45, 7) is -0.136. The van der Waals surface area contributed by atoms with Crippen molar-refractivity contribution >= 4 is 16.0 Å². The number of hydrogen-bond donors (Lipinski definition) is 1. The Morgan fingerprint density at radius 3 is 2.38 bits per heavy atom. The van der Waals surface area contributed by atoms with Crippen LogP contribution in [0.15, 0.2) is 23.1 Å². The van der Waals surface area contributed by atoms with Crippen molar-refractivity contribution in [3.8, 4) is 5.75 Å². The summed E-state index contributed by atoms with van der Waals surface area (Å²) in [6, 6.07) is 4.06. The topological polar surface area (TPSA) is 83.9 Å². The lowest BCUT2D eigenvalue weighted by molar-refractivity contribution is -0.187. The fourth-order valence-electron chi connectivity index (χ4n) is 2.72. The number of alkyl halides is 3. The minimum atomic E-state index is -4.79. The van der Waals surface area contributed by atoms with Gasteiger partial charge in [-0.3, -0.25) is 4.79 Å². The van der Waals surface area contributed by atoms with Gasteiger partial charge in [-0.05, 0) is 30.7 Å². The van der Waals surface area contributed by atoms with E-state index in [4.69, 9.17) is 9.84 Å². The number of carbonyl (C=O) groups is 1. The maximum atomic E-state index is 13.0. The average Bonchev–Trinajstić information content (AvgIpc) is 2.93. The van der Waals surface area contributed by atoms with Crippen LogP contribution in [0, 0.1) is 18.8 Å². The summed E-state index contributed by atoms with van der Waals surface area (Å²) in [7, 11) is -2.84. The zero-order valence-corrected chi connectivity index (χ0v) is 13.7. The van der Waals surface area contributed by atoms with Gasteiger partial charge in [-0.2, -0.15) is 17.5 Å². The molecule has 6 nitrogen and oxygen atoms in total. The molecule has 1 fully saturated rings. The first-order chi connectivity index (χ1) is 11.0. The lowest BCUT2D eigenvalue weighted by Crippen LogP contribution is -2.34. The van der Waals surface area contributed by atoms with E-state index in [1.165, 1.54) is 32.2 Å². The first-order valence-corrected chi connectivity index (χ1v) is 8.36. The molecule has 1 aromatic carbocycles. The van der Waals surface area contributed by atoms with E-state index in [9.17, 15) is 26.4 Å². The van der Waals surface area contributed by atoms with Crippen molar-refractivity contribution in [1.82, 2.24) is 4.31 Å². The summed E-state index contributed by atoms with van der Waals surface area (Å²) in [6.07, 6.45) is -4.79. The smallest absolute Gasteiger partial charge is 0.393 e. The van der Waals surface area contributed by atoms with Crippen molar-refractivity contribution in [3.05, 3.63) is 23.8 Å². The minimum Gasteiger partial charge on any atom is -0.497 e. The van der Waals surface area contributed by atoms with Crippen LogP contribution < -0.4 is 4.74 Å². The second kappa shape index (κ2) is 6.25. The number of aryl methyl sites for hydroxylation is 1. The Hall–Kier alpha value is -1.81. The molecule has 0 saturated carbocycles. The molecular weight excluding hydrogens is 351 g/mol. The van der Waals surface area contributed by atoms with Gasteiger partial charge in [-0.1, -0.05) is 0 Å². The molecule has 0 bridgehead atoms. The van der Waals surface area contributed by atoms with Crippen LogP contribution in [-0.2, 0) is 14.8 Å². The lowest BCUT2D eigenvalue weighted by Gasteiger charge is -2.19. The quantitative estimate of drug-likeness (QED) is 0.879. The molecule has 134 valence electrons. The lowest BCUT2D eigenvalue weighted by atomic mass is 9.96. The van der Waals surface area contributed by atoms with Gasteiger partial charge >= 0.3 is 12.1 Å². The van der Waals surface area contributed by atoms with E-state index in [1.807, 2.05) is 0 Å². The largest absolute Gasteiger partial charge is 0.497 e. The van der Waals surface area contributed by atoms with Gasteiger partial charge in [0.25, 0.3) is 0 Å². The van der Waals surface area contributed by atoms with Crippen molar-refractivity contribution in [2.45, 2.75) is 18.0 Å². The highest BCUT2D eigenvalue weighted by Gasteiger charge is 2.55. The molecule has 1 aliphatic rings. The Morgan fingerprint density at radius 1 is 1.33 bits per heavy atom. The van der Waals surface area contributed by atoms with Gasteiger partial charge in [0.15, 0.2) is 0 Å². The molecule has 0 amide bonds. The number of halogens is 3. The van der Waals surface area contributed by atoms with E-state index in [1.54, 1.807) is 0 Å². The number of benzene rings is 1. The van der Waals surface area contributed by atoms with Gasteiger partial charge in [-0.25, -0.2) is 8.42 Å². The predicted molar refractivity (Wildman–Crippen MR) is 77.2 cm³/mol. The minimum absolute atomic E-state index is 0.171. The molecule has 0 unspecified atom stereocenters. The molecule has 0 spiro atoms. The van der Waals surface area contributed by atoms with Gasteiger partial charge in [0, 0.05) is 13.1 Å². The number of nitrogens with zero attached hydrogens (tertiary/aromatic N) is 1. The van der Waals surface area contributed by atoms with E-state index in [2.05, 4.69) is 0 Å². The van der Waals surface area contributed by atoms with Crippen molar-refractivity contribution in [2.75, 3.05) is 20.2 Å². The highest BCUT2D eigenvalue weighted by molar-refractivity contribution is 7.89. The fourth-order valence-corrected chi connectivity index (χ4v) is 4.42. The molecule has 1 heterocycles. The van der Waals surface area contributed by atoms with Crippen LogP contribution in [0.1, 0.15) is 5.56 Å². The number of carboxylic acids is 1. The standard InChI is InChI=1S/C14H16F3NO5S/c1-8-5-9(23-2)3-4-12(8)24(21,22)18-6-10(13(19)20)11(7-18)14(15,16)17/h3-5,10-11H,6-7H2,1-2H3,(H,19,20)/t10-,11-/m1/s1. The third-order valence-electron chi connectivity index (χ3n) is 4.02. The molecule has 1 aliphatic heterocycles. The summed E-state index contributed by atoms with van der Waals surface area (Å²) >= 11 is 0. The van der Waals surface area contributed by atoms with Gasteiger partial charge in [0.2, 0.25) is 10.0 Å². The number of sulfonamides is 1. The van der Waals surface area contributed by atoms with Gasteiger partial charge < -0.3 is 9.84 Å². The van der Waals surface area contributed by atoms with E-state index >= 15 is 0 Å². The van der Waals surface area contributed by atoms with Crippen LogP contribution >= 0.6 is 0 Å². The van der Waals surface area contributed by atoms with E-state index < -0.39 is 47.1 Å². The van der Waals surface area contributed by atoms with Crippen LogP contribution in [0.3, 0.4) is 0 Å². The van der Waals surface area contributed by atoms with Crippen molar-refractivity contribution < 1.29 is 36.2 Å². The molecule has 1 N–H and O–H groups in total. The summed E-state index contributed by atoms with van der Waals surface area (Å²) in [5, 5.41) is 8.99. The molecule has 2 rings (SSSR count). The fraction of sp³-hybridized carbons (Fsp3) is 0.500. The highest BCUT2D eigenvalue weighted by atomic mass is 32.2. The number of rotatable bonds is 4. The Morgan fingerprint density at radius 2 is 1.96 bits per heavy atom. The van der Waals surface area contributed by atoms with Crippen molar-refractivity contribution in [2.24, 2.45) is 11.8 Å². The Balaban J connectivity index is 2.39. The second-order valence-corrected chi connectivity index (χ2v) is 7.45. The third-order valence-corrected chi connectivity index (χ3v) is 6.02. The molecule has 24 heavy (non-hydrogen) atoms. The normalized spacial score (nSPS) is 22.5. The number of methoxy groups -OCH3 is 1. The van der Waals surface area contributed by atoms with Crippen molar-refractivity contribution in [1.29, 1.82) is 0 Å². The molecule has 10 heteroatoms. The van der Waals surface area contributed by atoms with Gasteiger partial charge in [0.1, 0.15) is 5.75 Å². The molecule has 2 atom stereocenters. The summed E-state index contributed by atoms with van der Waals surface area (Å²) < 4.78 is 69.8. The average molecular weight is 367 g/mol. The monoisotopic (exact) mass is 367 g/mol. The molecule has 0 aliphatic carbocycles. The highest BCUT2D eigenvalue weighted by Crippen LogP contribution is 2.40. The maximum Gasteiger partial charge on any atom is 0.393 e. The molecule has 1 saturated heterocycles. The Labute approximate surface area is 136 Å².